The van der Waals surface area contributed by atoms with Crippen molar-refractivity contribution in [3.63, 3.8) is 0 Å². The molecule has 3 unspecified atom stereocenters. The Balaban J connectivity index is 2.41. The second-order valence-electron chi connectivity index (χ2n) is 5.14. The highest BCUT2D eigenvalue weighted by Gasteiger charge is 2.29. The van der Waals surface area contributed by atoms with E-state index in [0.29, 0.717) is 6.61 Å². The van der Waals surface area contributed by atoms with E-state index in [0.717, 1.165) is 12.8 Å². The Kier molecular flexibility index (Phi) is 6.65. The largest absolute Gasteiger partial charge is 0.481 e. The van der Waals surface area contributed by atoms with Crippen molar-refractivity contribution < 1.29 is 34.0 Å². The molecule has 8 heteroatoms. The van der Waals surface area contributed by atoms with E-state index in [2.05, 4.69) is 0 Å². The normalized spacial score (nSPS) is 23.1. The van der Waals surface area contributed by atoms with Crippen LogP contribution < -0.4 is 0 Å². The summed E-state index contributed by atoms with van der Waals surface area (Å²) in [4.78, 5) is 31.3. The van der Waals surface area contributed by atoms with Gasteiger partial charge in [0.15, 0.2) is 0 Å². The molecule has 0 aromatic carbocycles. The summed E-state index contributed by atoms with van der Waals surface area (Å²) in [6.45, 7) is 0.598. The van der Waals surface area contributed by atoms with Crippen LogP contribution in [-0.2, 0) is 18.9 Å². The van der Waals surface area contributed by atoms with Gasteiger partial charge in [-0.15, -0.1) is 0 Å². The lowest BCUT2D eigenvalue weighted by Crippen LogP contribution is -2.18. The number of hydrogen-bond acceptors (Lipinski definition) is 4. The zero-order valence-electron chi connectivity index (χ0n) is 11.2. The molecule has 7 nitrogen and oxygen atoms in total. The van der Waals surface area contributed by atoms with E-state index in [1.807, 2.05) is 0 Å². The van der Waals surface area contributed by atoms with Crippen LogP contribution in [0, 0.1) is 5.92 Å². The highest BCUT2D eigenvalue weighted by atomic mass is 31.2. The monoisotopic (exact) mass is 308 g/mol. The zero-order valence-corrected chi connectivity index (χ0v) is 12.1. The van der Waals surface area contributed by atoms with Gasteiger partial charge in [-0.2, -0.15) is 0 Å². The van der Waals surface area contributed by atoms with Gasteiger partial charge in [0.05, 0.1) is 18.2 Å². The smallest absolute Gasteiger partial charge is 0.306 e. The Morgan fingerprint density at radius 2 is 2.00 bits per heavy atom. The molecule has 0 aromatic heterocycles. The molecule has 3 N–H and O–H groups in total. The van der Waals surface area contributed by atoms with Crippen LogP contribution in [0.2, 0.25) is 0 Å². The van der Waals surface area contributed by atoms with Crippen molar-refractivity contribution in [1.82, 2.24) is 0 Å². The molecule has 3 atom stereocenters. The molecule has 0 saturated carbocycles. The standard InChI is InChI=1S/C12H21O7P/c13-11(14)4-3-9(12(15)16)5-7-20(17,18)8-10-2-1-6-19-10/h9-10H,1-8H2,(H,13,14)(H,15,16)(H,17,18). The van der Waals surface area contributed by atoms with E-state index < -0.39 is 25.2 Å². The molecule has 0 amide bonds. The third-order valence-electron chi connectivity index (χ3n) is 3.40. The van der Waals surface area contributed by atoms with Gasteiger partial charge in [-0.3, -0.25) is 14.2 Å². The zero-order chi connectivity index (χ0) is 15.2. The molecular formula is C12H21O7P. The molecule has 0 aromatic rings. The van der Waals surface area contributed by atoms with Crippen molar-refractivity contribution in [3.8, 4) is 0 Å². The molecule has 0 spiro atoms. The molecule has 1 aliphatic heterocycles. The SMILES string of the molecule is O=C(O)CCC(CCP(=O)(O)CC1CCCO1)C(=O)O. The summed E-state index contributed by atoms with van der Waals surface area (Å²) < 4.78 is 17.3. The van der Waals surface area contributed by atoms with Gasteiger partial charge in [0, 0.05) is 19.2 Å². The van der Waals surface area contributed by atoms with E-state index in [9.17, 15) is 19.0 Å². The first-order valence-electron chi connectivity index (χ1n) is 6.67. The van der Waals surface area contributed by atoms with Gasteiger partial charge in [0.2, 0.25) is 7.37 Å². The van der Waals surface area contributed by atoms with Crippen molar-refractivity contribution in [2.24, 2.45) is 5.92 Å². The van der Waals surface area contributed by atoms with E-state index in [1.54, 1.807) is 0 Å². The van der Waals surface area contributed by atoms with Crippen LogP contribution in [-0.4, -0.2) is 52.1 Å². The topological polar surface area (TPSA) is 121 Å². The molecule has 1 aliphatic rings. The molecule has 1 saturated heterocycles. The van der Waals surface area contributed by atoms with Gasteiger partial charge in [-0.1, -0.05) is 0 Å². The molecule has 20 heavy (non-hydrogen) atoms. The highest BCUT2D eigenvalue weighted by molar-refractivity contribution is 7.58. The fourth-order valence-electron chi connectivity index (χ4n) is 2.24. The molecule has 1 fully saturated rings. The first-order chi connectivity index (χ1) is 9.30. The fourth-order valence-corrected chi connectivity index (χ4v) is 4.07. The van der Waals surface area contributed by atoms with Crippen molar-refractivity contribution in [2.75, 3.05) is 18.9 Å². The van der Waals surface area contributed by atoms with Crippen LogP contribution in [0.5, 0.6) is 0 Å². The van der Waals surface area contributed by atoms with Crippen molar-refractivity contribution in [3.05, 3.63) is 0 Å². The summed E-state index contributed by atoms with van der Waals surface area (Å²) in [6.07, 6.45) is 1.11. The molecule has 0 radical (unpaired) electrons. The van der Waals surface area contributed by atoms with E-state index in [1.165, 1.54) is 0 Å². The number of aliphatic carboxylic acids is 2. The molecule has 1 heterocycles. The predicted molar refractivity (Wildman–Crippen MR) is 71.1 cm³/mol. The predicted octanol–water partition coefficient (Wildman–Crippen LogP) is 1.39. The van der Waals surface area contributed by atoms with Crippen LogP contribution in [0.25, 0.3) is 0 Å². The van der Waals surface area contributed by atoms with E-state index >= 15 is 0 Å². The number of carboxylic acids is 2. The van der Waals surface area contributed by atoms with Crippen molar-refractivity contribution >= 4 is 19.3 Å². The summed E-state index contributed by atoms with van der Waals surface area (Å²) in [5.41, 5.74) is 0. The van der Waals surface area contributed by atoms with Gasteiger partial charge < -0.3 is 19.8 Å². The van der Waals surface area contributed by atoms with Gasteiger partial charge in [0.1, 0.15) is 0 Å². The number of rotatable bonds is 9. The fraction of sp³-hybridized carbons (Fsp3) is 0.833. The maximum atomic E-state index is 12.0. The lowest BCUT2D eigenvalue weighted by Gasteiger charge is -2.18. The van der Waals surface area contributed by atoms with Gasteiger partial charge in [0.25, 0.3) is 0 Å². The number of hydrogen-bond donors (Lipinski definition) is 3. The van der Waals surface area contributed by atoms with Gasteiger partial charge in [-0.25, -0.2) is 0 Å². The minimum atomic E-state index is -3.42. The van der Waals surface area contributed by atoms with Crippen LogP contribution in [0.3, 0.4) is 0 Å². The lowest BCUT2D eigenvalue weighted by atomic mass is 10.0. The van der Waals surface area contributed by atoms with E-state index in [-0.39, 0.29) is 37.7 Å². The van der Waals surface area contributed by atoms with Crippen LogP contribution in [0.15, 0.2) is 0 Å². The Morgan fingerprint density at radius 3 is 2.50 bits per heavy atom. The Morgan fingerprint density at radius 1 is 1.30 bits per heavy atom. The van der Waals surface area contributed by atoms with Crippen LogP contribution in [0.4, 0.5) is 0 Å². The number of carboxylic acid groups (broad SMARTS) is 2. The average molecular weight is 308 g/mol. The van der Waals surface area contributed by atoms with Crippen molar-refractivity contribution in [1.29, 1.82) is 0 Å². The second kappa shape index (κ2) is 7.76. The minimum Gasteiger partial charge on any atom is -0.481 e. The molecular weight excluding hydrogens is 287 g/mol. The van der Waals surface area contributed by atoms with Gasteiger partial charge >= 0.3 is 11.9 Å². The third-order valence-corrected chi connectivity index (χ3v) is 5.33. The lowest BCUT2D eigenvalue weighted by molar-refractivity contribution is -0.143. The molecule has 0 bridgehead atoms. The summed E-state index contributed by atoms with van der Waals surface area (Å²) >= 11 is 0. The molecule has 0 aliphatic carbocycles. The summed E-state index contributed by atoms with van der Waals surface area (Å²) in [5, 5.41) is 17.5. The Hall–Kier alpha value is -0.910. The summed E-state index contributed by atoms with van der Waals surface area (Å²) in [7, 11) is -3.42. The Labute approximate surface area is 117 Å². The average Bonchev–Trinajstić information content (AvgIpc) is 2.79. The minimum absolute atomic E-state index is 0.0170. The molecule has 1 rings (SSSR count). The summed E-state index contributed by atoms with van der Waals surface area (Å²) in [6, 6.07) is 0. The first kappa shape index (κ1) is 17.1. The first-order valence-corrected chi connectivity index (χ1v) is 8.70. The maximum absolute atomic E-state index is 12.0. The van der Waals surface area contributed by atoms with Gasteiger partial charge in [-0.05, 0) is 25.7 Å². The Bertz CT molecular complexity index is 389. The summed E-state index contributed by atoms with van der Waals surface area (Å²) in [5.74, 6) is -3.08. The van der Waals surface area contributed by atoms with Crippen LogP contribution >= 0.6 is 7.37 Å². The molecule has 116 valence electrons. The van der Waals surface area contributed by atoms with Crippen molar-refractivity contribution in [2.45, 2.75) is 38.2 Å². The maximum Gasteiger partial charge on any atom is 0.306 e. The number of ether oxygens (including phenoxy) is 1. The number of carbonyl (C=O) groups is 2. The highest BCUT2D eigenvalue weighted by Crippen LogP contribution is 2.44. The third kappa shape index (κ3) is 6.50. The second-order valence-corrected chi connectivity index (χ2v) is 7.65. The van der Waals surface area contributed by atoms with E-state index in [4.69, 9.17) is 14.9 Å². The quantitative estimate of drug-likeness (QED) is 0.550. The van der Waals surface area contributed by atoms with Crippen LogP contribution in [0.1, 0.15) is 32.1 Å².